The summed E-state index contributed by atoms with van der Waals surface area (Å²) in [5.41, 5.74) is 1.25. The monoisotopic (exact) mass is 668 g/mol. The van der Waals surface area contributed by atoms with E-state index in [1.807, 2.05) is 32.0 Å². The summed E-state index contributed by atoms with van der Waals surface area (Å²) in [6, 6.07) is 16.3. The second-order valence-electron chi connectivity index (χ2n) is 11.5. The van der Waals surface area contributed by atoms with E-state index in [-0.39, 0.29) is 54.9 Å². The number of aliphatic hydroxyl groups excluding tert-OH is 1. The maximum Gasteiger partial charge on any atom is 0.573 e. The highest BCUT2D eigenvalue weighted by Gasteiger charge is 2.33. The first kappa shape index (κ1) is 35.3. The van der Waals surface area contributed by atoms with Crippen LogP contribution >= 0.6 is 10.8 Å². The first-order valence-electron chi connectivity index (χ1n) is 14.9. The lowest BCUT2D eigenvalue weighted by atomic mass is 10.00. The van der Waals surface area contributed by atoms with Crippen LogP contribution in [-0.2, 0) is 13.0 Å². The van der Waals surface area contributed by atoms with Crippen LogP contribution in [0.15, 0.2) is 66.7 Å². The van der Waals surface area contributed by atoms with Gasteiger partial charge in [0.15, 0.2) is 5.82 Å². The molecule has 3 aromatic carbocycles. The summed E-state index contributed by atoms with van der Waals surface area (Å²) in [5, 5.41) is 20.1. The molecule has 1 amide bonds. The van der Waals surface area contributed by atoms with Gasteiger partial charge in [0.1, 0.15) is 5.75 Å². The Morgan fingerprint density at radius 3 is 2.41 bits per heavy atom. The lowest BCUT2D eigenvalue weighted by Gasteiger charge is -2.47. The van der Waals surface area contributed by atoms with E-state index in [4.69, 9.17) is 0 Å². The molecule has 0 spiro atoms. The predicted molar refractivity (Wildman–Crippen MR) is 172 cm³/mol. The number of hydrogen-bond acceptors (Lipinski definition) is 8. The van der Waals surface area contributed by atoms with E-state index in [1.165, 1.54) is 34.6 Å². The highest BCUT2D eigenvalue weighted by molar-refractivity contribution is 8.25. The number of nitrogens with one attached hydrogen (secondary N) is 3. The molecular weight excluding hydrogens is 628 g/mol. The third-order valence-electron chi connectivity index (χ3n) is 7.30. The van der Waals surface area contributed by atoms with Crippen molar-refractivity contribution in [1.29, 1.82) is 0 Å². The molecule has 0 saturated carbocycles. The smallest absolute Gasteiger partial charge is 0.406 e. The number of aliphatic hydroxyl groups is 1. The molecule has 0 bridgehead atoms. The van der Waals surface area contributed by atoms with Crippen molar-refractivity contribution in [2.24, 2.45) is 0 Å². The van der Waals surface area contributed by atoms with Crippen LogP contribution in [-0.4, -0.2) is 63.5 Å². The lowest BCUT2D eigenvalue weighted by Crippen LogP contribution is -2.49. The van der Waals surface area contributed by atoms with Gasteiger partial charge < -0.3 is 25.8 Å². The summed E-state index contributed by atoms with van der Waals surface area (Å²) in [7, 11) is -3.29. The van der Waals surface area contributed by atoms with Gasteiger partial charge in [-0.05, 0) is 68.5 Å². The Morgan fingerprint density at radius 2 is 1.74 bits per heavy atom. The standard InChI is InChI=1S/C32H40F4N4O5S/c1-21(2)38-24-17-26(30(33)28(18-24)40-13-6-7-14-46(40,43)44)31(42)39-27(16-22-9-4-3-5-10-22)29(41)20-37-19-23-11-8-12-25(15-23)45-32(34,35)36/h3-5,8-12,15,17-18,21,27,29,37-38,41,43-44H,6-7,13-14,16,19-20H2,1-2H3,(H,39,42)/t27-,29-/m0/s1. The van der Waals surface area contributed by atoms with Crippen molar-refractivity contribution in [2.45, 2.75) is 64.2 Å². The summed E-state index contributed by atoms with van der Waals surface area (Å²) in [6.45, 7) is 3.99. The molecule has 1 saturated heterocycles. The molecule has 6 N–H and O–H groups in total. The number of halogens is 4. The minimum absolute atomic E-state index is 0.0561. The Hall–Kier alpha value is -3.56. The fraction of sp³-hybridized carbons (Fsp3) is 0.406. The van der Waals surface area contributed by atoms with E-state index in [1.54, 1.807) is 18.2 Å². The van der Waals surface area contributed by atoms with Crippen LogP contribution in [0.25, 0.3) is 0 Å². The van der Waals surface area contributed by atoms with Gasteiger partial charge in [0.2, 0.25) is 0 Å². The van der Waals surface area contributed by atoms with Gasteiger partial charge in [0, 0.05) is 31.4 Å². The number of amides is 1. The Balaban J connectivity index is 1.55. The zero-order valence-electron chi connectivity index (χ0n) is 25.6. The molecule has 1 fully saturated rings. The Morgan fingerprint density at radius 1 is 1.02 bits per heavy atom. The quantitative estimate of drug-likeness (QED) is 0.117. The molecular formula is C32H40F4N4O5S. The van der Waals surface area contributed by atoms with Crippen molar-refractivity contribution >= 4 is 28.1 Å². The minimum atomic E-state index is -4.83. The topological polar surface area (TPSA) is 126 Å². The number of hydrogen-bond donors (Lipinski definition) is 6. The van der Waals surface area contributed by atoms with Crippen molar-refractivity contribution < 1.29 is 41.3 Å². The van der Waals surface area contributed by atoms with Gasteiger partial charge in [-0.15, -0.1) is 23.9 Å². The van der Waals surface area contributed by atoms with Crippen molar-refractivity contribution in [2.75, 3.05) is 28.5 Å². The number of anilines is 2. The number of carbonyl (C=O) groups excluding carboxylic acids is 1. The molecule has 1 heterocycles. The minimum Gasteiger partial charge on any atom is -0.406 e. The van der Waals surface area contributed by atoms with E-state index in [0.29, 0.717) is 24.1 Å². The molecule has 1 aliphatic heterocycles. The normalized spacial score (nSPS) is 16.9. The van der Waals surface area contributed by atoms with Crippen LogP contribution in [0.2, 0.25) is 0 Å². The molecule has 4 rings (SSSR count). The highest BCUT2D eigenvalue weighted by atomic mass is 32.3. The predicted octanol–water partition coefficient (Wildman–Crippen LogP) is 6.30. The average Bonchev–Trinajstić information content (AvgIpc) is 2.97. The molecule has 1 aliphatic rings. The van der Waals surface area contributed by atoms with E-state index in [9.17, 15) is 32.2 Å². The van der Waals surface area contributed by atoms with Crippen LogP contribution in [0.1, 0.15) is 48.2 Å². The average molecular weight is 669 g/mol. The van der Waals surface area contributed by atoms with E-state index in [0.717, 1.165) is 5.56 Å². The second-order valence-corrected chi connectivity index (χ2v) is 13.6. The maximum atomic E-state index is 16.1. The van der Waals surface area contributed by atoms with Crippen molar-refractivity contribution in [3.05, 3.63) is 89.2 Å². The number of alkyl halides is 3. The third-order valence-corrected chi connectivity index (χ3v) is 9.22. The zero-order valence-corrected chi connectivity index (χ0v) is 26.4. The van der Waals surface area contributed by atoms with Crippen LogP contribution in [0.5, 0.6) is 5.75 Å². The molecule has 3 aromatic rings. The number of ether oxygens (including phenoxy) is 1. The molecule has 252 valence electrons. The van der Waals surface area contributed by atoms with E-state index in [2.05, 4.69) is 20.7 Å². The molecule has 0 aliphatic carbocycles. The maximum absolute atomic E-state index is 16.1. The van der Waals surface area contributed by atoms with Gasteiger partial charge >= 0.3 is 6.36 Å². The van der Waals surface area contributed by atoms with Gasteiger partial charge in [-0.3, -0.25) is 18.2 Å². The first-order chi connectivity index (χ1) is 21.7. The highest BCUT2D eigenvalue weighted by Crippen LogP contribution is 2.51. The summed E-state index contributed by atoms with van der Waals surface area (Å²) in [5.74, 6) is -2.01. The molecule has 14 heteroatoms. The molecule has 2 atom stereocenters. The number of nitrogens with zero attached hydrogens (tertiary/aromatic N) is 1. The molecule has 46 heavy (non-hydrogen) atoms. The fourth-order valence-corrected chi connectivity index (χ4v) is 6.90. The third kappa shape index (κ3) is 9.97. The SMILES string of the molecule is CC(C)Nc1cc(C(=O)N[C@@H](Cc2ccccc2)[C@@H](O)CNCc2cccc(OC(F)(F)F)c2)c(F)c(N2CCCCS2(O)O)c1. The van der Waals surface area contributed by atoms with Gasteiger partial charge in [0.05, 0.1) is 29.1 Å². The van der Waals surface area contributed by atoms with E-state index < -0.39 is 41.0 Å². The zero-order chi connectivity index (χ0) is 33.5. The van der Waals surface area contributed by atoms with Crippen molar-refractivity contribution in [1.82, 2.24) is 10.6 Å². The molecule has 9 nitrogen and oxygen atoms in total. The number of carbonyl (C=O) groups is 1. The summed E-state index contributed by atoms with van der Waals surface area (Å²) in [4.78, 5) is 13.7. The van der Waals surface area contributed by atoms with Gasteiger partial charge in [-0.25, -0.2) is 4.39 Å². The lowest BCUT2D eigenvalue weighted by molar-refractivity contribution is -0.274. The first-order valence-corrected chi connectivity index (χ1v) is 16.6. The summed E-state index contributed by atoms with van der Waals surface area (Å²) in [6.07, 6.45) is -4.62. The van der Waals surface area contributed by atoms with Crippen LogP contribution in [0.3, 0.4) is 0 Å². The Bertz CT molecular complexity index is 1460. The van der Waals surface area contributed by atoms with Gasteiger partial charge in [-0.2, -0.15) is 0 Å². The molecule has 0 aromatic heterocycles. The number of benzene rings is 3. The van der Waals surface area contributed by atoms with Gasteiger partial charge in [-0.1, -0.05) is 42.5 Å². The van der Waals surface area contributed by atoms with Crippen molar-refractivity contribution in [3.8, 4) is 5.75 Å². The summed E-state index contributed by atoms with van der Waals surface area (Å²) >= 11 is 0. The van der Waals surface area contributed by atoms with E-state index >= 15 is 4.39 Å². The Kier molecular flexibility index (Phi) is 11.8. The summed E-state index contributed by atoms with van der Waals surface area (Å²) < 4.78 is 80.6. The molecule has 0 radical (unpaired) electrons. The van der Waals surface area contributed by atoms with Gasteiger partial charge in [0.25, 0.3) is 5.91 Å². The fourth-order valence-electron chi connectivity index (χ4n) is 5.21. The number of rotatable bonds is 13. The van der Waals surface area contributed by atoms with Crippen LogP contribution in [0.4, 0.5) is 28.9 Å². The van der Waals surface area contributed by atoms with Crippen LogP contribution < -0.4 is 25.0 Å². The van der Waals surface area contributed by atoms with Crippen LogP contribution in [0, 0.1) is 5.82 Å². The Labute approximate surface area is 267 Å². The largest absolute Gasteiger partial charge is 0.573 e. The molecule has 0 unspecified atom stereocenters. The second kappa shape index (κ2) is 15.4. The van der Waals surface area contributed by atoms with Crippen molar-refractivity contribution in [3.63, 3.8) is 0 Å².